The van der Waals surface area contributed by atoms with Gasteiger partial charge in [-0.2, -0.15) is 0 Å². The standard InChI is InChI=1S/C28H36N4O5/c1-18(2)24(29)27(35)32-15-9-14-23(32)26(34)30-21(16-19-10-5-3-6-11-19)25(33)31-22(28(36)37)17-20-12-7-4-8-13-20/h3-8,10-13,18,21-24H,9,14-17,29H2,1-2H3,(H,30,34)(H,31,33)(H,36,37). The third kappa shape index (κ3) is 7.63. The summed E-state index contributed by atoms with van der Waals surface area (Å²) in [5.41, 5.74) is 7.63. The lowest BCUT2D eigenvalue weighted by atomic mass is 10.0. The minimum Gasteiger partial charge on any atom is -0.480 e. The second kappa shape index (κ2) is 13.0. The van der Waals surface area contributed by atoms with Crippen molar-refractivity contribution in [1.82, 2.24) is 15.5 Å². The lowest BCUT2D eigenvalue weighted by molar-refractivity contribution is -0.143. The summed E-state index contributed by atoms with van der Waals surface area (Å²) in [6, 6.07) is 14.5. The smallest absolute Gasteiger partial charge is 0.326 e. The van der Waals surface area contributed by atoms with Crippen molar-refractivity contribution in [1.29, 1.82) is 0 Å². The summed E-state index contributed by atoms with van der Waals surface area (Å²) in [5.74, 6) is -2.59. The van der Waals surface area contributed by atoms with Crippen LogP contribution in [0.3, 0.4) is 0 Å². The SMILES string of the molecule is CC(C)C(N)C(=O)N1CCCC1C(=O)NC(Cc1ccccc1)C(=O)NC(Cc1ccccc1)C(=O)O. The lowest BCUT2D eigenvalue weighted by Crippen LogP contribution is -2.57. The molecule has 1 fully saturated rings. The largest absolute Gasteiger partial charge is 0.480 e. The van der Waals surface area contributed by atoms with Gasteiger partial charge in [0.1, 0.15) is 18.1 Å². The highest BCUT2D eigenvalue weighted by Gasteiger charge is 2.38. The molecule has 0 radical (unpaired) electrons. The zero-order chi connectivity index (χ0) is 26.9. The molecule has 37 heavy (non-hydrogen) atoms. The third-order valence-electron chi connectivity index (χ3n) is 6.65. The zero-order valence-electron chi connectivity index (χ0n) is 21.3. The zero-order valence-corrected chi connectivity index (χ0v) is 21.3. The Kier molecular flexibility index (Phi) is 9.79. The highest BCUT2D eigenvalue weighted by molar-refractivity contribution is 5.94. The van der Waals surface area contributed by atoms with E-state index >= 15 is 0 Å². The van der Waals surface area contributed by atoms with E-state index in [-0.39, 0.29) is 24.7 Å². The second-order valence-corrected chi connectivity index (χ2v) is 9.80. The molecule has 1 heterocycles. The molecule has 198 valence electrons. The normalized spacial score (nSPS) is 17.6. The van der Waals surface area contributed by atoms with Crippen molar-refractivity contribution in [2.75, 3.05) is 6.54 Å². The first-order valence-electron chi connectivity index (χ1n) is 12.6. The average molecular weight is 509 g/mol. The summed E-state index contributed by atoms with van der Waals surface area (Å²) in [6.45, 7) is 4.12. The highest BCUT2D eigenvalue weighted by atomic mass is 16.4. The maximum Gasteiger partial charge on any atom is 0.326 e. The van der Waals surface area contributed by atoms with E-state index in [2.05, 4.69) is 10.6 Å². The Bertz CT molecular complexity index is 1080. The minimum absolute atomic E-state index is 0.0778. The highest BCUT2D eigenvalue weighted by Crippen LogP contribution is 2.20. The molecule has 3 amide bonds. The van der Waals surface area contributed by atoms with Crippen LogP contribution in [0.1, 0.15) is 37.8 Å². The van der Waals surface area contributed by atoms with E-state index in [0.717, 1.165) is 11.1 Å². The Balaban J connectivity index is 1.77. The van der Waals surface area contributed by atoms with Gasteiger partial charge in [-0.15, -0.1) is 0 Å². The molecule has 0 bridgehead atoms. The number of nitrogens with zero attached hydrogens (tertiary/aromatic N) is 1. The van der Waals surface area contributed by atoms with Crippen molar-refractivity contribution < 1.29 is 24.3 Å². The Morgan fingerprint density at radius 1 is 0.919 bits per heavy atom. The van der Waals surface area contributed by atoms with Crippen LogP contribution >= 0.6 is 0 Å². The summed E-state index contributed by atoms with van der Waals surface area (Å²) >= 11 is 0. The van der Waals surface area contributed by atoms with Crippen LogP contribution in [0, 0.1) is 5.92 Å². The van der Waals surface area contributed by atoms with E-state index < -0.39 is 42.0 Å². The lowest BCUT2D eigenvalue weighted by Gasteiger charge is -2.29. The molecule has 4 unspecified atom stereocenters. The summed E-state index contributed by atoms with van der Waals surface area (Å²) < 4.78 is 0. The van der Waals surface area contributed by atoms with Crippen molar-refractivity contribution in [3.05, 3.63) is 71.8 Å². The molecule has 2 aromatic carbocycles. The molecule has 0 saturated carbocycles. The molecule has 1 aliphatic heterocycles. The molecule has 2 aromatic rings. The quantitative estimate of drug-likeness (QED) is 0.362. The van der Waals surface area contributed by atoms with Crippen molar-refractivity contribution in [2.24, 2.45) is 11.7 Å². The van der Waals surface area contributed by atoms with Gasteiger partial charge in [0.15, 0.2) is 0 Å². The molecule has 1 aliphatic rings. The van der Waals surface area contributed by atoms with Crippen LogP contribution in [-0.4, -0.2) is 64.4 Å². The number of nitrogens with one attached hydrogen (secondary N) is 2. The van der Waals surface area contributed by atoms with Crippen LogP contribution in [0.25, 0.3) is 0 Å². The van der Waals surface area contributed by atoms with Gasteiger partial charge < -0.3 is 26.4 Å². The van der Waals surface area contributed by atoms with Gasteiger partial charge in [-0.25, -0.2) is 4.79 Å². The first kappa shape index (κ1) is 27.9. The van der Waals surface area contributed by atoms with Gasteiger partial charge in [0.05, 0.1) is 6.04 Å². The number of amides is 3. The molecular weight excluding hydrogens is 472 g/mol. The molecule has 4 atom stereocenters. The number of hydrogen-bond acceptors (Lipinski definition) is 5. The van der Waals surface area contributed by atoms with E-state index in [0.29, 0.717) is 19.4 Å². The fourth-order valence-electron chi connectivity index (χ4n) is 4.43. The van der Waals surface area contributed by atoms with E-state index in [1.54, 1.807) is 24.3 Å². The molecule has 0 aromatic heterocycles. The first-order valence-corrected chi connectivity index (χ1v) is 12.6. The van der Waals surface area contributed by atoms with Gasteiger partial charge in [-0.1, -0.05) is 74.5 Å². The first-order chi connectivity index (χ1) is 17.7. The van der Waals surface area contributed by atoms with Crippen molar-refractivity contribution in [2.45, 2.75) is 63.7 Å². The van der Waals surface area contributed by atoms with Gasteiger partial charge in [-0.05, 0) is 29.9 Å². The Morgan fingerprint density at radius 2 is 1.46 bits per heavy atom. The second-order valence-electron chi connectivity index (χ2n) is 9.80. The topological polar surface area (TPSA) is 142 Å². The molecule has 0 spiro atoms. The van der Waals surface area contributed by atoms with Crippen molar-refractivity contribution in [3.8, 4) is 0 Å². The molecule has 9 heteroatoms. The summed E-state index contributed by atoms with van der Waals surface area (Å²) in [7, 11) is 0. The number of nitrogens with two attached hydrogens (primary N) is 1. The number of benzene rings is 2. The molecule has 5 N–H and O–H groups in total. The number of carboxylic acid groups (broad SMARTS) is 1. The maximum atomic E-state index is 13.3. The van der Waals surface area contributed by atoms with Crippen LogP contribution in [0.5, 0.6) is 0 Å². The Morgan fingerprint density at radius 3 is 1.97 bits per heavy atom. The number of hydrogen-bond donors (Lipinski definition) is 4. The number of carboxylic acids is 1. The van der Waals surface area contributed by atoms with Crippen LogP contribution in [0.4, 0.5) is 0 Å². The predicted octanol–water partition coefficient (Wildman–Crippen LogP) is 1.50. The molecule has 3 rings (SSSR count). The van der Waals surface area contributed by atoms with E-state index in [4.69, 9.17) is 5.73 Å². The number of carbonyl (C=O) groups is 4. The number of aliphatic carboxylic acids is 1. The van der Waals surface area contributed by atoms with Crippen molar-refractivity contribution in [3.63, 3.8) is 0 Å². The fourth-order valence-corrected chi connectivity index (χ4v) is 4.43. The summed E-state index contributed by atoms with van der Waals surface area (Å²) in [4.78, 5) is 53.0. The van der Waals surface area contributed by atoms with Gasteiger partial charge in [0, 0.05) is 19.4 Å². The monoisotopic (exact) mass is 508 g/mol. The third-order valence-corrected chi connectivity index (χ3v) is 6.65. The Labute approximate surface area is 217 Å². The van der Waals surface area contributed by atoms with E-state index in [1.807, 2.05) is 50.2 Å². The van der Waals surface area contributed by atoms with Crippen LogP contribution in [0.2, 0.25) is 0 Å². The molecule has 9 nitrogen and oxygen atoms in total. The predicted molar refractivity (Wildman–Crippen MR) is 139 cm³/mol. The maximum absolute atomic E-state index is 13.3. The van der Waals surface area contributed by atoms with Crippen LogP contribution in [0.15, 0.2) is 60.7 Å². The molecule has 1 saturated heterocycles. The average Bonchev–Trinajstić information content (AvgIpc) is 3.38. The minimum atomic E-state index is -1.17. The van der Waals surface area contributed by atoms with E-state index in [9.17, 15) is 24.3 Å². The van der Waals surface area contributed by atoms with Crippen LogP contribution in [-0.2, 0) is 32.0 Å². The van der Waals surface area contributed by atoms with Gasteiger partial charge in [0.25, 0.3) is 0 Å². The number of likely N-dealkylation sites (tertiary alicyclic amines) is 1. The Hall–Kier alpha value is -3.72. The fraction of sp³-hybridized carbons (Fsp3) is 0.429. The summed E-state index contributed by atoms with van der Waals surface area (Å²) in [6.07, 6.45) is 1.39. The number of carbonyl (C=O) groups excluding carboxylic acids is 3. The van der Waals surface area contributed by atoms with Crippen molar-refractivity contribution >= 4 is 23.7 Å². The van der Waals surface area contributed by atoms with Crippen LogP contribution < -0.4 is 16.4 Å². The molecule has 0 aliphatic carbocycles. The van der Waals surface area contributed by atoms with E-state index in [1.165, 1.54) is 4.90 Å². The van der Waals surface area contributed by atoms with Gasteiger partial charge in [-0.3, -0.25) is 14.4 Å². The van der Waals surface area contributed by atoms with Gasteiger partial charge in [0.2, 0.25) is 17.7 Å². The number of rotatable bonds is 11. The summed E-state index contributed by atoms with van der Waals surface area (Å²) in [5, 5.41) is 15.1. The molecular formula is C28H36N4O5. The van der Waals surface area contributed by atoms with Gasteiger partial charge >= 0.3 is 5.97 Å².